The van der Waals surface area contributed by atoms with Gasteiger partial charge in [-0.2, -0.15) is 0 Å². The van der Waals surface area contributed by atoms with Crippen LogP contribution < -0.4 is 10.6 Å². The van der Waals surface area contributed by atoms with E-state index in [0.717, 1.165) is 22.9 Å². The number of hydrogen-bond donors (Lipinski definition) is 6. The molecular weight excluding hydrogens is 886 g/mol. The van der Waals surface area contributed by atoms with E-state index in [4.69, 9.17) is 4.74 Å². The Balaban J connectivity index is 1.10. The van der Waals surface area contributed by atoms with Gasteiger partial charge >= 0.3 is 18.0 Å². The maximum absolute atomic E-state index is 17.9. The SMILES string of the molecule is C[C@@H]1C[C@H]2[C@@H]3CCC4=CC(=O)C=C[C@]4(C)[C@@]3(F)[C@@H](O)C[C@]2(C)[C@@]1(O)C(=O)Cc1c(C(=O)O)ccc(C(=O)O)c1Cc1ccc([C@@H](CNC(=O)OC(C)(C)C)C(=O)Nc2ccc3cnccc3c2)cc1. The summed E-state index contributed by atoms with van der Waals surface area (Å²) in [5.41, 5.74) is -6.48. The van der Waals surface area contributed by atoms with E-state index in [9.17, 15) is 44.4 Å². The molecule has 14 nitrogen and oxygen atoms in total. The number of aliphatic hydroxyl groups is 2. The van der Waals surface area contributed by atoms with Crippen LogP contribution >= 0.6 is 0 Å². The predicted octanol–water partition coefficient (Wildman–Crippen LogP) is 7.93. The highest BCUT2D eigenvalue weighted by atomic mass is 19.1. The quantitative estimate of drug-likeness (QED) is 0.0796. The molecule has 362 valence electrons. The molecule has 15 heteroatoms. The Labute approximate surface area is 399 Å². The number of halogens is 1. The number of ketones is 2. The number of carbonyl (C=O) groups excluding carboxylic acids is 4. The van der Waals surface area contributed by atoms with E-state index in [-0.39, 0.29) is 60.3 Å². The lowest BCUT2D eigenvalue weighted by atomic mass is 9.44. The van der Waals surface area contributed by atoms with Crippen molar-refractivity contribution in [2.45, 2.75) is 109 Å². The first-order chi connectivity index (χ1) is 32.4. The smallest absolute Gasteiger partial charge is 0.407 e. The van der Waals surface area contributed by atoms with Crippen LogP contribution in [0.4, 0.5) is 14.9 Å². The number of amides is 2. The summed E-state index contributed by atoms with van der Waals surface area (Å²) >= 11 is 0. The summed E-state index contributed by atoms with van der Waals surface area (Å²) in [5.74, 6) is -7.38. The molecule has 9 atom stereocenters. The monoisotopic (exact) mass is 943 g/mol. The number of alkyl halides is 1. The Morgan fingerprint density at radius 1 is 0.928 bits per heavy atom. The molecule has 4 aliphatic rings. The molecule has 3 fully saturated rings. The fraction of sp³-hybridized carbons (Fsp3) is 0.426. The van der Waals surface area contributed by atoms with E-state index in [0.29, 0.717) is 28.8 Å². The van der Waals surface area contributed by atoms with Crippen molar-refractivity contribution >= 4 is 52.0 Å². The number of carbonyl (C=O) groups is 6. The predicted molar refractivity (Wildman–Crippen MR) is 254 cm³/mol. The molecule has 0 spiro atoms. The number of Topliss-reactive ketones (excluding diaryl/α,β-unsaturated/α-hetero) is 1. The third-order valence-electron chi connectivity index (χ3n) is 15.7. The van der Waals surface area contributed by atoms with E-state index >= 15 is 9.18 Å². The van der Waals surface area contributed by atoms with Crippen molar-refractivity contribution in [3.05, 3.63) is 130 Å². The minimum absolute atomic E-state index is 0.0245. The summed E-state index contributed by atoms with van der Waals surface area (Å²) in [6.45, 7) is 10.0. The minimum atomic E-state index is -2.21. The number of carboxylic acids is 2. The Bertz CT molecular complexity index is 2850. The fourth-order valence-corrected chi connectivity index (χ4v) is 12.3. The number of ether oxygens (including phenoxy) is 1. The van der Waals surface area contributed by atoms with Crippen molar-refractivity contribution in [1.29, 1.82) is 0 Å². The number of alkyl carbamates (subject to hydrolysis) is 1. The van der Waals surface area contributed by atoms with Gasteiger partial charge in [-0.1, -0.05) is 55.8 Å². The highest BCUT2D eigenvalue weighted by Gasteiger charge is 2.75. The summed E-state index contributed by atoms with van der Waals surface area (Å²) in [4.78, 5) is 84.0. The van der Waals surface area contributed by atoms with Crippen molar-refractivity contribution < 1.29 is 58.3 Å². The number of aromatic carboxylic acids is 2. The number of rotatable bonds is 12. The molecule has 8 rings (SSSR count). The first kappa shape index (κ1) is 48.9. The molecule has 0 saturated heterocycles. The standard InChI is InChI=1S/C54H58FN3O11/c1-29-21-43-42-16-12-34-24-36(59)17-19-51(34,5)53(42,55)45(61)26-52(43,6)54(29,68)44(60)25-40-38(48(65)66)15-14-37(47(63)64)39(40)22-30-7-9-31(10-8-30)41(28-57-49(67)69-50(2,3)4)46(62)58-35-13-11-33-27-56-20-18-32(33)23-35/h7-11,13-15,17-20,23-24,27,29,41-43,45,61,68H,12,16,21-22,25-26,28H2,1-6H3,(H,57,67)(H,58,62)(H,63,64)(H,65,66)/t29-,41-,42+,43+,45+,51+,52+,53+,54+/m1/s1. The molecule has 1 aromatic heterocycles. The molecule has 3 aromatic carbocycles. The van der Waals surface area contributed by atoms with Gasteiger partial charge in [-0.25, -0.2) is 18.8 Å². The Morgan fingerprint density at radius 2 is 1.61 bits per heavy atom. The molecule has 4 aliphatic carbocycles. The molecular formula is C54H58FN3O11. The average molecular weight is 944 g/mol. The van der Waals surface area contributed by atoms with Gasteiger partial charge in [-0.15, -0.1) is 0 Å². The van der Waals surface area contributed by atoms with E-state index < -0.39 is 93.6 Å². The van der Waals surface area contributed by atoms with E-state index in [1.54, 1.807) is 90.3 Å². The van der Waals surface area contributed by atoms with Gasteiger partial charge in [-0.05, 0) is 142 Å². The zero-order chi connectivity index (χ0) is 50.0. The van der Waals surface area contributed by atoms with Crippen LogP contribution in [0.15, 0.2) is 96.9 Å². The molecule has 6 N–H and O–H groups in total. The fourth-order valence-electron chi connectivity index (χ4n) is 12.3. The number of hydrogen-bond acceptors (Lipinski definition) is 10. The molecule has 3 saturated carbocycles. The lowest BCUT2D eigenvalue weighted by Crippen LogP contribution is -2.69. The zero-order valence-electron chi connectivity index (χ0n) is 39.5. The molecule has 1 heterocycles. The van der Waals surface area contributed by atoms with Crippen molar-refractivity contribution in [2.24, 2.45) is 28.6 Å². The lowest BCUT2D eigenvalue weighted by molar-refractivity contribution is -0.218. The molecule has 4 aromatic rings. The number of aliphatic hydroxyl groups excluding tert-OH is 1. The van der Waals surface area contributed by atoms with E-state index in [1.165, 1.54) is 18.2 Å². The number of nitrogens with one attached hydrogen (secondary N) is 2. The Hall–Kier alpha value is -6.58. The normalized spacial score (nSPS) is 28.7. The van der Waals surface area contributed by atoms with Gasteiger partial charge in [-0.3, -0.25) is 19.4 Å². The molecule has 2 amide bonds. The first-order valence-corrected chi connectivity index (χ1v) is 23.3. The summed E-state index contributed by atoms with van der Waals surface area (Å²) in [7, 11) is 0. The second-order valence-electron chi connectivity index (χ2n) is 20.8. The van der Waals surface area contributed by atoms with Crippen LogP contribution in [0.1, 0.15) is 116 Å². The highest BCUT2D eigenvalue weighted by molar-refractivity contribution is 6.02. The van der Waals surface area contributed by atoms with Crippen LogP contribution in [0.2, 0.25) is 0 Å². The number of carboxylic acid groups (broad SMARTS) is 2. The largest absolute Gasteiger partial charge is 0.478 e. The van der Waals surface area contributed by atoms with Crippen LogP contribution in [0.5, 0.6) is 0 Å². The second-order valence-corrected chi connectivity index (χ2v) is 20.8. The highest BCUT2D eigenvalue weighted by Crippen LogP contribution is 2.70. The second kappa shape index (κ2) is 17.7. The number of anilines is 1. The van der Waals surface area contributed by atoms with Crippen molar-refractivity contribution in [2.75, 3.05) is 11.9 Å². The zero-order valence-corrected chi connectivity index (χ0v) is 39.5. The van der Waals surface area contributed by atoms with Gasteiger partial charge in [0.05, 0.1) is 23.1 Å². The third kappa shape index (κ3) is 8.43. The Morgan fingerprint density at radius 3 is 2.28 bits per heavy atom. The number of allylic oxidation sites excluding steroid dienone is 4. The first-order valence-electron chi connectivity index (χ1n) is 23.3. The molecule has 69 heavy (non-hydrogen) atoms. The number of pyridine rings is 1. The number of benzene rings is 3. The van der Waals surface area contributed by atoms with Crippen LogP contribution in [0.3, 0.4) is 0 Å². The van der Waals surface area contributed by atoms with Crippen LogP contribution in [0.25, 0.3) is 10.8 Å². The van der Waals surface area contributed by atoms with Crippen LogP contribution in [0, 0.1) is 28.6 Å². The van der Waals surface area contributed by atoms with Gasteiger partial charge in [0.15, 0.2) is 17.2 Å². The van der Waals surface area contributed by atoms with Gasteiger partial charge in [0.2, 0.25) is 5.91 Å². The Kier molecular flexibility index (Phi) is 12.6. The maximum atomic E-state index is 17.9. The van der Waals surface area contributed by atoms with Crippen LogP contribution in [-0.4, -0.2) is 90.4 Å². The molecule has 0 radical (unpaired) electrons. The maximum Gasteiger partial charge on any atom is 0.407 e. The van der Waals surface area contributed by atoms with Gasteiger partial charge in [0.1, 0.15) is 11.2 Å². The molecule has 0 unspecified atom stereocenters. The third-order valence-corrected chi connectivity index (χ3v) is 15.7. The molecule has 0 aliphatic heterocycles. The summed E-state index contributed by atoms with van der Waals surface area (Å²) in [6, 6.07) is 16.0. The van der Waals surface area contributed by atoms with Gasteiger partial charge in [0.25, 0.3) is 0 Å². The topological polar surface area (TPSA) is 230 Å². The average Bonchev–Trinajstić information content (AvgIpc) is 3.48. The van der Waals surface area contributed by atoms with Crippen molar-refractivity contribution in [1.82, 2.24) is 10.3 Å². The number of aromatic nitrogens is 1. The number of fused-ring (bicyclic) bond motifs is 6. The van der Waals surface area contributed by atoms with E-state index in [1.807, 2.05) is 12.1 Å². The summed E-state index contributed by atoms with van der Waals surface area (Å²) in [5, 5.41) is 53.1. The van der Waals surface area contributed by atoms with E-state index in [2.05, 4.69) is 15.6 Å². The van der Waals surface area contributed by atoms with Gasteiger partial charge < -0.3 is 35.8 Å². The van der Waals surface area contributed by atoms with Crippen molar-refractivity contribution in [3.63, 3.8) is 0 Å². The van der Waals surface area contributed by atoms with Crippen molar-refractivity contribution in [3.8, 4) is 0 Å². The van der Waals surface area contributed by atoms with Crippen LogP contribution in [-0.2, 0) is 32.0 Å². The summed E-state index contributed by atoms with van der Waals surface area (Å²) < 4.78 is 23.3. The number of nitrogens with zero attached hydrogens (tertiary/aromatic N) is 1. The molecule has 0 bridgehead atoms. The minimum Gasteiger partial charge on any atom is -0.478 e. The summed E-state index contributed by atoms with van der Waals surface area (Å²) in [6.07, 6.45) is 4.98. The van der Waals surface area contributed by atoms with Gasteiger partial charge in [0, 0.05) is 53.2 Å². The lowest BCUT2D eigenvalue weighted by Gasteiger charge is -2.62.